The molecule has 4 fully saturated rings. The Balaban J connectivity index is 1.90. The third-order valence-corrected chi connectivity index (χ3v) is 13.6. The van der Waals surface area contributed by atoms with Gasteiger partial charge in [0.15, 0.2) is 24.3 Å². The normalized spacial score (nSPS) is 45.4. The molecule has 0 aliphatic carbocycles. The first-order valence-corrected chi connectivity index (χ1v) is 21.1. The van der Waals surface area contributed by atoms with Crippen molar-refractivity contribution >= 4 is 23.8 Å². The Morgan fingerprint density at radius 1 is 0.932 bits per heavy atom. The minimum atomic E-state index is -1.44. The summed E-state index contributed by atoms with van der Waals surface area (Å²) in [6, 6.07) is -1.17. The standard InChI is InChI=1S/C42H73N3O14/c1-16-29-42(11)34(45(20-43)39(50)59-42)23(4)31(47)21(2)18-40(9,51-14)35(58-38-32(48)28(44(12)13)17-22(3)53-38)24(5)33(25(6)37(49)56-29)57-30-19-41(10,52-15)36(26(7)54-30)55-27(8)46/h21-26,28-30,32-36,38,48H,16-20,43H2,1-15H3. The lowest BCUT2D eigenvalue weighted by molar-refractivity contribution is -0.320. The first kappa shape index (κ1) is 49.2. The minimum absolute atomic E-state index is 0.113. The van der Waals surface area contributed by atoms with Crippen molar-refractivity contribution in [3.8, 4) is 0 Å². The molecule has 0 aromatic heterocycles. The van der Waals surface area contributed by atoms with E-state index in [4.69, 9.17) is 48.4 Å². The second-order valence-corrected chi connectivity index (χ2v) is 18.2. The molecule has 4 aliphatic rings. The van der Waals surface area contributed by atoms with Gasteiger partial charge < -0.3 is 58.4 Å². The number of cyclic esters (lactones) is 1. The van der Waals surface area contributed by atoms with Crippen LogP contribution < -0.4 is 5.73 Å². The average Bonchev–Trinajstić information content (AvgIpc) is 3.44. The Morgan fingerprint density at radius 2 is 1.54 bits per heavy atom. The van der Waals surface area contributed by atoms with E-state index in [1.165, 1.54) is 26.0 Å². The summed E-state index contributed by atoms with van der Waals surface area (Å²) in [6.45, 7) is 19.0. The molecule has 4 rings (SSSR count). The van der Waals surface area contributed by atoms with Crippen LogP contribution in [0.25, 0.3) is 0 Å². The predicted molar refractivity (Wildman–Crippen MR) is 214 cm³/mol. The zero-order chi connectivity index (χ0) is 44.5. The minimum Gasteiger partial charge on any atom is -0.458 e. The van der Waals surface area contributed by atoms with Gasteiger partial charge >= 0.3 is 18.0 Å². The maximum atomic E-state index is 14.7. The van der Waals surface area contributed by atoms with Gasteiger partial charge in [0.05, 0.1) is 48.6 Å². The van der Waals surface area contributed by atoms with Gasteiger partial charge in [0.2, 0.25) is 0 Å². The van der Waals surface area contributed by atoms with Crippen molar-refractivity contribution in [3.05, 3.63) is 0 Å². The van der Waals surface area contributed by atoms with Crippen molar-refractivity contribution in [1.29, 1.82) is 0 Å². The summed E-state index contributed by atoms with van der Waals surface area (Å²) in [5.41, 5.74) is 2.36. The molecule has 4 saturated heterocycles. The largest absolute Gasteiger partial charge is 0.458 e. The molecule has 4 heterocycles. The highest BCUT2D eigenvalue weighted by Crippen LogP contribution is 2.44. The van der Waals surface area contributed by atoms with Gasteiger partial charge in [-0.2, -0.15) is 0 Å². The van der Waals surface area contributed by atoms with E-state index in [1.807, 2.05) is 46.7 Å². The number of nitrogens with zero attached hydrogens (tertiary/aromatic N) is 2. The molecule has 17 nitrogen and oxygen atoms in total. The summed E-state index contributed by atoms with van der Waals surface area (Å²) in [5, 5.41) is 11.7. The van der Waals surface area contributed by atoms with E-state index in [9.17, 15) is 24.3 Å². The zero-order valence-electron chi connectivity index (χ0n) is 37.9. The first-order valence-electron chi connectivity index (χ1n) is 21.1. The van der Waals surface area contributed by atoms with Crippen molar-refractivity contribution < 1.29 is 66.9 Å². The maximum Gasteiger partial charge on any atom is 0.411 e. The molecule has 0 aromatic rings. The summed E-state index contributed by atoms with van der Waals surface area (Å²) in [5.74, 6) is -4.56. The molecule has 59 heavy (non-hydrogen) atoms. The van der Waals surface area contributed by atoms with Gasteiger partial charge in [-0.25, -0.2) is 4.79 Å². The molecule has 17 heteroatoms. The van der Waals surface area contributed by atoms with Crippen LogP contribution in [0.4, 0.5) is 4.79 Å². The molecule has 3 N–H and O–H groups in total. The first-order chi connectivity index (χ1) is 27.4. The Morgan fingerprint density at radius 3 is 2.08 bits per heavy atom. The van der Waals surface area contributed by atoms with Crippen LogP contribution in [0.3, 0.4) is 0 Å². The van der Waals surface area contributed by atoms with Crippen LogP contribution in [0.2, 0.25) is 0 Å². The summed E-state index contributed by atoms with van der Waals surface area (Å²) < 4.78 is 56.8. The number of esters is 2. The Kier molecular flexibility index (Phi) is 16.1. The molecule has 0 radical (unpaired) electrons. The van der Waals surface area contributed by atoms with Crippen LogP contribution in [0.1, 0.15) is 102 Å². The predicted octanol–water partition coefficient (Wildman–Crippen LogP) is 3.39. The van der Waals surface area contributed by atoms with E-state index in [2.05, 4.69) is 0 Å². The second kappa shape index (κ2) is 19.3. The summed E-state index contributed by atoms with van der Waals surface area (Å²) >= 11 is 0. The van der Waals surface area contributed by atoms with Crippen LogP contribution in [0, 0.1) is 23.7 Å². The number of fused-ring (bicyclic) bond motifs is 1. The van der Waals surface area contributed by atoms with Gasteiger partial charge in [0.25, 0.3) is 0 Å². The topological polar surface area (TPSA) is 204 Å². The van der Waals surface area contributed by atoms with Crippen LogP contribution in [-0.2, 0) is 57.0 Å². The van der Waals surface area contributed by atoms with Gasteiger partial charge in [-0.05, 0) is 74.9 Å². The van der Waals surface area contributed by atoms with Crippen molar-refractivity contribution in [2.45, 2.75) is 186 Å². The SMILES string of the molecule is CCC1OC(=O)C(C)C(OC2CC(C)(OC)C(OC(C)=O)C(C)O2)C(C)C(OC2OC(C)CC(N(C)C)C2O)C(C)(OC)CC(C)C(=O)C(C)C2N(CN)C(=O)OC12C. The molecule has 4 aliphatic heterocycles. The van der Waals surface area contributed by atoms with Gasteiger partial charge in [-0.1, -0.05) is 27.7 Å². The molecule has 0 spiro atoms. The lowest BCUT2D eigenvalue weighted by atomic mass is 9.73. The second-order valence-electron chi connectivity index (χ2n) is 18.2. The van der Waals surface area contributed by atoms with E-state index in [0.29, 0.717) is 6.42 Å². The lowest BCUT2D eigenvalue weighted by Gasteiger charge is -2.50. The van der Waals surface area contributed by atoms with Crippen LogP contribution in [-0.4, -0.2) is 158 Å². The van der Waals surface area contributed by atoms with E-state index in [0.717, 1.165) is 0 Å². The fourth-order valence-corrected chi connectivity index (χ4v) is 10.2. The number of ketones is 1. The third kappa shape index (κ3) is 9.93. The fraction of sp³-hybridized carbons (Fsp3) is 0.905. The van der Waals surface area contributed by atoms with Gasteiger partial charge in [0, 0.05) is 51.4 Å². The number of hydrogen-bond donors (Lipinski definition) is 2. The van der Waals surface area contributed by atoms with E-state index >= 15 is 0 Å². The molecule has 0 bridgehead atoms. The van der Waals surface area contributed by atoms with Crippen LogP contribution >= 0.6 is 0 Å². The number of hydrogen-bond acceptors (Lipinski definition) is 16. The third-order valence-electron chi connectivity index (χ3n) is 13.6. The highest BCUT2D eigenvalue weighted by molar-refractivity contribution is 5.85. The molecule has 18 atom stereocenters. The number of carbonyl (C=O) groups is 4. The molecule has 340 valence electrons. The van der Waals surface area contributed by atoms with E-state index in [-0.39, 0.29) is 43.9 Å². The molecule has 18 unspecified atom stereocenters. The van der Waals surface area contributed by atoms with E-state index in [1.54, 1.807) is 41.5 Å². The number of aliphatic hydroxyl groups is 1. The summed E-state index contributed by atoms with van der Waals surface area (Å²) in [4.78, 5) is 58.0. The van der Waals surface area contributed by atoms with Crippen molar-refractivity contribution in [2.24, 2.45) is 29.4 Å². The molecule has 1 amide bonds. The number of ether oxygens (including phenoxy) is 9. The maximum absolute atomic E-state index is 14.7. The quantitative estimate of drug-likeness (QED) is 0.239. The molecule has 0 aromatic carbocycles. The monoisotopic (exact) mass is 844 g/mol. The smallest absolute Gasteiger partial charge is 0.411 e. The van der Waals surface area contributed by atoms with Gasteiger partial charge in [-0.15, -0.1) is 0 Å². The number of carbonyl (C=O) groups excluding carboxylic acids is 4. The van der Waals surface area contributed by atoms with Crippen molar-refractivity contribution in [3.63, 3.8) is 0 Å². The molecular formula is C42H73N3O14. The van der Waals surface area contributed by atoms with Crippen LogP contribution in [0.15, 0.2) is 0 Å². The Bertz CT molecular complexity index is 1490. The van der Waals surface area contributed by atoms with E-state index < -0.39 is 114 Å². The average molecular weight is 844 g/mol. The highest BCUT2D eigenvalue weighted by atomic mass is 16.7. The van der Waals surface area contributed by atoms with Crippen molar-refractivity contribution in [1.82, 2.24) is 9.80 Å². The Hall–Kier alpha value is -2.48. The van der Waals surface area contributed by atoms with Crippen molar-refractivity contribution in [2.75, 3.05) is 35.0 Å². The number of likely N-dealkylation sites (N-methyl/N-ethyl adjacent to an activating group) is 1. The highest BCUT2D eigenvalue weighted by Gasteiger charge is 2.61. The number of methoxy groups -OCH3 is 2. The number of nitrogens with two attached hydrogens (primary N) is 1. The summed E-state index contributed by atoms with van der Waals surface area (Å²) in [7, 11) is 6.81. The fourth-order valence-electron chi connectivity index (χ4n) is 10.2. The number of rotatable bonds is 10. The zero-order valence-corrected chi connectivity index (χ0v) is 37.9. The number of amides is 1. The Labute approximate surface area is 350 Å². The molecule has 0 saturated carbocycles. The van der Waals surface area contributed by atoms with Gasteiger partial charge in [-0.3, -0.25) is 19.3 Å². The van der Waals surface area contributed by atoms with Crippen LogP contribution in [0.5, 0.6) is 0 Å². The van der Waals surface area contributed by atoms with Gasteiger partial charge in [0.1, 0.15) is 23.6 Å². The lowest BCUT2D eigenvalue weighted by Crippen LogP contribution is -2.62. The number of Topliss-reactive ketones (excluding diaryl/α,β-unsaturated/α-hetero) is 1. The molecular weight excluding hydrogens is 770 g/mol. The summed E-state index contributed by atoms with van der Waals surface area (Å²) in [6.07, 6.45) is -7.56. The number of aliphatic hydroxyl groups excluding tert-OH is 1.